The van der Waals surface area contributed by atoms with Crippen molar-refractivity contribution in [3.8, 4) is 0 Å². The fourth-order valence-electron chi connectivity index (χ4n) is 5.68. The minimum atomic E-state index is -0.161. The molecule has 2 fully saturated rings. The van der Waals surface area contributed by atoms with Gasteiger partial charge in [-0.2, -0.15) is 0 Å². The van der Waals surface area contributed by atoms with Crippen molar-refractivity contribution >= 4 is 22.3 Å². The van der Waals surface area contributed by atoms with E-state index >= 15 is 0 Å². The van der Waals surface area contributed by atoms with Gasteiger partial charge in [0.15, 0.2) is 0 Å². The highest BCUT2D eigenvalue weighted by Gasteiger charge is 2.30. The van der Waals surface area contributed by atoms with Gasteiger partial charge in [-0.1, -0.05) is 12.1 Å². The summed E-state index contributed by atoms with van der Waals surface area (Å²) in [6.07, 6.45) is 9.43. The summed E-state index contributed by atoms with van der Waals surface area (Å²) < 4.78 is 25.1. The fourth-order valence-corrected chi connectivity index (χ4v) is 5.68. The first-order chi connectivity index (χ1) is 16.3. The van der Waals surface area contributed by atoms with Crippen LogP contribution in [-0.2, 0) is 9.47 Å². The van der Waals surface area contributed by atoms with Gasteiger partial charge in [0.2, 0.25) is 6.29 Å². The van der Waals surface area contributed by atoms with Crippen molar-refractivity contribution in [3.63, 3.8) is 0 Å². The molecule has 0 amide bonds. The van der Waals surface area contributed by atoms with Crippen molar-refractivity contribution < 1.29 is 13.9 Å². The van der Waals surface area contributed by atoms with Crippen LogP contribution in [-0.4, -0.2) is 37.5 Å². The smallest absolute Gasteiger partial charge is 0.242 e. The first kappa shape index (κ1) is 20.5. The molecule has 0 bridgehead atoms. The molecule has 33 heavy (non-hydrogen) atoms. The largest absolute Gasteiger partial charge is 0.459 e. The number of benzene rings is 2. The van der Waals surface area contributed by atoms with Gasteiger partial charge in [0.1, 0.15) is 18.3 Å². The van der Waals surface area contributed by atoms with Crippen molar-refractivity contribution in [2.75, 3.05) is 36.0 Å². The van der Waals surface area contributed by atoms with Crippen LogP contribution in [0.4, 0.5) is 15.8 Å². The number of piperidine rings is 2. The second-order valence-electron chi connectivity index (χ2n) is 9.42. The van der Waals surface area contributed by atoms with Crippen molar-refractivity contribution in [2.24, 2.45) is 5.92 Å². The van der Waals surface area contributed by atoms with Crippen LogP contribution in [0.15, 0.2) is 61.2 Å². The fraction of sp³-hybridized carbons (Fsp3) is 0.407. The zero-order valence-corrected chi connectivity index (χ0v) is 18.8. The number of anilines is 2. The average molecular weight is 448 g/mol. The molecule has 0 aliphatic carbocycles. The number of hydrogen-bond donors (Lipinski definition) is 1. The molecule has 0 unspecified atom stereocenters. The summed E-state index contributed by atoms with van der Waals surface area (Å²) in [5.41, 5.74) is 4.75. The van der Waals surface area contributed by atoms with Crippen LogP contribution >= 0.6 is 0 Å². The molecule has 6 heteroatoms. The van der Waals surface area contributed by atoms with Gasteiger partial charge < -0.3 is 24.3 Å². The minimum Gasteiger partial charge on any atom is -0.459 e. The van der Waals surface area contributed by atoms with Crippen molar-refractivity contribution in [3.05, 3.63) is 72.6 Å². The van der Waals surface area contributed by atoms with Crippen LogP contribution in [0.1, 0.15) is 37.2 Å². The predicted molar refractivity (Wildman–Crippen MR) is 129 cm³/mol. The third kappa shape index (κ3) is 3.92. The topological polar surface area (TPSA) is 40.7 Å². The zero-order valence-electron chi connectivity index (χ0n) is 18.8. The SMILES string of the molecule is Fc1ccc(N2CCC(c3ccc(N4CCC(C5OC=CO5)CC4)cc3)CC2)c2[nH]ccc12. The van der Waals surface area contributed by atoms with Gasteiger partial charge in [-0.3, -0.25) is 0 Å². The van der Waals surface area contributed by atoms with Gasteiger partial charge in [-0.25, -0.2) is 4.39 Å². The highest BCUT2D eigenvalue weighted by molar-refractivity contribution is 5.92. The molecule has 6 rings (SSSR count). The number of H-pyrrole nitrogens is 1. The van der Waals surface area contributed by atoms with E-state index in [0.29, 0.717) is 17.2 Å². The summed E-state index contributed by atoms with van der Waals surface area (Å²) in [6.45, 7) is 4.05. The maximum absolute atomic E-state index is 14.1. The summed E-state index contributed by atoms with van der Waals surface area (Å²) in [7, 11) is 0. The molecule has 2 aromatic carbocycles. The lowest BCUT2D eigenvalue weighted by Crippen LogP contribution is -2.38. The van der Waals surface area contributed by atoms with E-state index in [9.17, 15) is 4.39 Å². The Labute approximate surface area is 193 Å². The molecule has 0 radical (unpaired) electrons. The molecular weight excluding hydrogens is 417 g/mol. The second kappa shape index (κ2) is 8.65. The molecule has 3 aromatic rings. The quantitative estimate of drug-likeness (QED) is 0.553. The number of aromatic amines is 1. The number of rotatable bonds is 4. The maximum atomic E-state index is 14.1. The molecule has 3 aliphatic rings. The van der Waals surface area contributed by atoms with E-state index in [0.717, 1.165) is 63.1 Å². The van der Waals surface area contributed by atoms with E-state index in [1.807, 2.05) is 18.3 Å². The molecule has 0 saturated carbocycles. The number of ether oxygens (including phenoxy) is 2. The Hall–Kier alpha value is -3.15. The van der Waals surface area contributed by atoms with Crippen molar-refractivity contribution in [2.45, 2.75) is 37.9 Å². The number of hydrogen-bond acceptors (Lipinski definition) is 4. The predicted octanol–water partition coefficient (Wildman–Crippen LogP) is 5.75. The number of aromatic nitrogens is 1. The lowest BCUT2D eigenvalue weighted by molar-refractivity contribution is -0.0728. The maximum Gasteiger partial charge on any atom is 0.242 e. The van der Waals surface area contributed by atoms with E-state index in [1.54, 1.807) is 18.6 Å². The molecule has 0 atom stereocenters. The number of nitrogens with one attached hydrogen (secondary N) is 1. The summed E-state index contributed by atoms with van der Waals surface area (Å²) in [5, 5.41) is 0.675. The van der Waals surface area contributed by atoms with Crippen LogP contribution in [0.25, 0.3) is 10.9 Å². The van der Waals surface area contributed by atoms with E-state index in [4.69, 9.17) is 9.47 Å². The molecule has 4 heterocycles. The average Bonchev–Trinajstić information content (AvgIpc) is 3.58. The van der Waals surface area contributed by atoms with Gasteiger partial charge in [-0.05, 0) is 67.5 Å². The molecule has 0 spiro atoms. The Balaban J connectivity index is 1.06. The summed E-state index contributed by atoms with van der Waals surface area (Å²) >= 11 is 0. The molecule has 1 N–H and O–H groups in total. The van der Waals surface area contributed by atoms with E-state index in [2.05, 4.69) is 39.0 Å². The highest BCUT2D eigenvalue weighted by Crippen LogP contribution is 2.35. The van der Waals surface area contributed by atoms with Crippen LogP contribution in [0.5, 0.6) is 0 Å². The standard InChI is InChI=1S/C27H30FN3O2/c28-24-5-6-25(26-23(24)7-12-29-26)31-15-8-20(9-16-31)19-1-3-22(4-2-19)30-13-10-21(11-14-30)27-32-17-18-33-27/h1-7,12,17-18,20-21,27,29H,8-11,13-16H2. The van der Waals surface area contributed by atoms with Gasteiger partial charge in [-0.15, -0.1) is 0 Å². The number of fused-ring (bicyclic) bond motifs is 1. The van der Waals surface area contributed by atoms with Crippen LogP contribution in [0, 0.1) is 11.7 Å². The molecular formula is C27H30FN3O2. The monoisotopic (exact) mass is 447 g/mol. The van der Waals surface area contributed by atoms with E-state index in [1.165, 1.54) is 11.3 Å². The van der Waals surface area contributed by atoms with Gasteiger partial charge >= 0.3 is 0 Å². The van der Waals surface area contributed by atoms with Crippen LogP contribution in [0.3, 0.4) is 0 Å². The molecule has 5 nitrogen and oxygen atoms in total. The van der Waals surface area contributed by atoms with E-state index in [-0.39, 0.29) is 12.1 Å². The minimum absolute atomic E-state index is 0.0941. The molecule has 1 aromatic heterocycles. The van der Waals surface area contributed by atoms with Gasteiger partial charge in [0.05, 0.1) is 11.2 Å². The zero-order chi connectivity index (χ0) is 22.2. The Kier molecular flexibility index (Phi) is 5.36. The molecule has 2 saturated heterocycles. The Bertz CT molecular complexity index is 1120. The Morgan fingerprint density at radius 1 is 0.788 bits per heavy atom. The van der Waals surface area contributed by atoms with Gasteiger partial charge in [0, 0.05) is 49.4 Å². The molecule has 3 aliphatic heterocycles. The lowest BCUT2D eigenvalue weighted by Gasteiger charge is -2.36. The normalized spacial score (nSPS) is 20.4. The van der Waals surface area contributed by atoms with Crippen LogP contribution in [0.2, 0.25) is 0 Å². The number of nitrogens with zero attached hydrogens (tertiary/aromatic N) is 2. The first-order valence-electron chi connectivity index (χ1n) is 12.1. The number of halogens is 1. The third-order valence-corrected chi connectivity index (χ3v) is 7.62. The van der Waals surface area contributed by atoms with Crippen molar-refractivity contribution in [1.29, 1.82) is 0 Å². The van der Waals surface area contributed by atoms with Crippen molar-refractivity contribution in [1.82, 2.24) is 4.98 Å². The highest BCUT2D eigenvalue weighted by atomic mass is 19.1. The van der Waals surface area contributed by atoms with E-state index < -0.39 is 0 Å². The second-order valence-corrected chi connectivity index (χ2v) is 9.42. The Morgan fingerprint density at radius 2 is 1.48 bits per heavy atom. The summed E-state index contributed by atoms with van der Waals surface area (Å²) in [5.74, 6) is 0.880. The summed E-state index contributed by atoms with van der Waals surface area (Å²) in [6, 6.07) is 14.5. The lowest BCUT2D eigenvalue weighted by atomic mass is 9.89. The molecule has 172 valence electrons. The third-order valence-electron chi connectivity index (χ3n) is 7.62. The van der Waals surface area contributed by atoms with Crippen LogP contribution < -0.4 is 9.80 Å². The van der Waals surface area contributed by atoms with Gasteiger partial charge in [0.25, 0.3) is 0 Å². The Morgan fingerprint density at radius 3 is 2.21 bits per heavy atom. The first-order valence-corrected chi connectivity index (χ1v) is 12.1. The summed E-state index contributed by atoms with van der Waals surface area (Å²) in [4.78, 5) is 8.08.